The van der Waals surface area contributed by atoms with Crippen LogP contribution in [0.4, 0.5) is 17.6 Å². The molecule has 1 fully saturated rings. The summed E-state index contributed by atoms with van der Waals surface area (Å²) in [5.74, 6) is -7.68. The quantitative estimate of drug-likeness (QED) is 0.198. The van der Waals surface area contributed by atoms with Gasteiger partial charge in [0.1, 0.15) is 18.5 Å². The first-order valence-corrected chi connectivity index (χ1v) is 11.0. The van der Waals surface area contributed by atoms with E-state index in [9.17, 15) is 27.2 Å². The van der Waals surface area contributed by atoms with Crippen molar-refractivity contribution in [2.24, 2.45) is 10.8 Å². The molecule has 8 heteroatoms. The number of ether oxygens (including phenoxy) is 2. The lowest BCUT2D eigenvalue weighted by atomic mass is 9.72. The zero-order valence-corrected chi connectivity index (χ0v) is 19.4. The van der Waals surface area contributed by atoms with Crippen LogP contribution in [0.15, 0.2) is 0 Å². The SMILES string of the molecule is CCC(C)(CC(C)(C)C(=O)OCc1c(F)c(C)c(F)c(F)c1F)C(=O)OC1CCCCC1. The first-order valence-electron chi connectivity index (χ1n) is 11.0. The minimum Gasteiger partial charge on any atom is -0.462 e. The molecule has 0 aliphatic heterocycles. The van der Waals surface area contributed by atoms with Gasteiger partial charge in [-0.3, -0.25) is 9.59 Å². The van der Waals surface area contributed by atoms with Gasteiger partial charge in [0.05, 0.1) is 16.4 Å². The Balaban J connectivity index is 2.10. The van der Waals surface area contributed by atoms with Gasteiger partial charge >= 0.3 is 11.9 Å². The van der Waals surface area contributed by atoms with E-state index in [1.807, 2.05) is 6.92 Å². The van der Waals surface area contributed by atoms with Crippen molar-refractivity contribution in [1.82, 2.24) is 0 Å². The highest BCUT2D eigenvalue weighted by molar-refractivity contribution is 5.80. The highest BCUT2D eigenvalue weighted by atomic mass is 19.2. The van der Waals surface area contributed by atoms with Crippen LogP contribution in [0.5, 0.6) is 0 Å². The van der Waals surface area contributed by atoms with Gasteiger partial charge in [-0.1, -0.05) is 13.3 Å². The maximum absolute atomic E-state index is 14.2. The van der Waals surface area contributed by atoms with Gasteiger partial charge in [-0.25, -0.2) is 17.6 Å². The molecule has 0 heterocycles. The number of benzene rings is 1. The topological polar surface area (TPSA) is 52.6 Å². The van der Waals surface area contributed by atoms with Crippen molar-refractivity contribution in [3.63, 3.8) is 0 Å². The molecule has 0 N–H and O–H groups in total. The molecule has 0 amide bonds. The lowest BCUT2D eigenvalue weighted by molar-refractivity contribution is -0.168. The monoisotopic (exact) mass is 460 g/mol. The van der Waals surface area contributed by atoms with E-state index in [0.717, 1.165) is 39.0 Å². The van der Waals surface area contributed by atoms with Crippen molar-refractivity contribution in [2.45, 2.75) is 92.3 Å². The van der Waals surface area contributed by atoms with Crippen LogP contribution in [0.1, 0.15) is 83.8 Å². The van der Waals surface area contributed by atoms with Crippen LogP contribution >= 0.6 is 0 Å². The molecule has 0 saturated heterocycles. The van der Waals surface area contributed by atoms with Crippen LogP contribution in [0, 0.1) is 41.0 Å². The van der Waals surface area contributed by atoms with Crippen LogP contribution in [-0.4, -0.2) is 18.0 Å². The molecule has 1 aromatic rings. The molecule has 1 atom stereocenters. The summed E-state index contributed by atoms with van der Waals surface area (Å²) < 4.78 is 66.1. The molecule has 1 aliphatic rings. The minimum absolute atomic E-state index is 0.0860. The van der Waals surface area contributed by atoms with E-state index in [2.05, 4.69) is 0 Å². The smallest absolute Gasteiger partial charge is 0.312 e. The molecule has 1 aromatic carbocycles. The summed E-state index contributed by atoms with van der Waals surface area (Å²) in [6, 6.07) is 0. The van der Waals surface area contributed by atoms with Crippen LogP contribution < -0.4 is 0 Å². The molecule has 0 bridgehead atoms. The number of carbonyl (C=O) groups is 2. The first kappa shape index (κ1) is 26.1. The molecule has 2 rings (SSSR count). The molecule has 0 radical (unpaired) electrons. The van der Waals surface area contributed by atoms with Gasteiger partial charge in [-0.2, -0.15) is 0 Å². The summed E-state index contributed by atoms with van der Waals surface area (Å²) >= 11 is 0. The highest BCUT2D eigenvalue weighted by Crippen LogP contribution is 2.39. The Hall–Kier alpha value is -2.12. The number of esters is 2. The van der Waals surface area contributed by atoms with Gasteiger partial charge in [0, 0.05) is 5.56 Å². The molecule has 1 unspecified atom stereocenters. The van der Waals surface area contributed by atoms with Crippen molar-refractivity contribution in [1.29, 1.82) is 0 Å². The maximum Gasteiger partial charge on any atom is 0.312 e. The molecule has 180 valence electrons. The number of hydrogen-bond donors (Lipinski definition) is 0. The van der Waals surface area contributed by atoms with Crippen LogP contribution in [0.25, 0.3) is 0 Å². The zero-order chi connectivity index (χ0) is 24.3. The largest absolute Gasteiger partial charge is 0.462 e. The van der Waals surface area contributed by atoms with Gasteiger partial charge < -0.3 is 9.47 Å². The summed E-state index contributed by atoms with van der Waals surface area (Å²) in [7, 11) is 0. The van der Waals surface area contributed by atoms with E-state index in [4.69, 9.17) is 9.47 Å². The number of rotatable bonds is 8. The average molecular weight is 461 g/mol. The van der Waals surface area contributed by atoms with Gasteiger partial charge in [-0.05, 0) is 66.2 Å². The second kappa shape index (κ2) is 10.2. The first-order chi connectivity index (χ1) is 14.8. The fourth-order valence-electron chi connectivity index (χ4n) is 4.14. The number of carbonyl (C=O) groups excluding carboxylic acids is 2. The van der Waals surface area contributed by atoms with E-state index in [1.165, 1.54) is 0 Å². The van der Waals surface area contributed by atoms with Crippen molar-refractivity contribution < 1.29 is 36.6 Å². The minimum atomic E-state index is -1.82. The van der Waals surface area contributed by atoms with Crippen molar-refractivity contribution >= 4 is 11.9 Å². The molecular weight excluding hydrogens is 428 g/mol. The van der Waals surface area contributed by atoms with Crippen molar-refractivity contribution in [3.05, 3.63) is 34.4 Å². The Morgan fingerprint density at radius 1 is 0.906 bits per heavy atom. The summed E-state index contributed by atoms with van der Waals surface area (Å²) in [4.78, 5) is 25.6. The standard InChI is InChI=1S/C24H32F4O4/c1-6-24(5,22(30)32-15-10-8-7-9-11-15)13-23(3,4)21(29)31-12-16-17(25)14(2)18(26)20(28)19(16)27/h15H,6-13H2,1-5H3. The molecule has 32 heavy (non-hydrogen) atoms. The summed E-state index contributed by atoms with van der Waals surface area (Å²) in [5.41, 5.74) is -3.72. The molecule has 1 saturated carbocycles. The third kappa shape index (κ3) is 5.62. The third-order valence-corrected chi connectivity index (χ3v) is 6.41. The van der Waals surface area contributed by atoms with E-state index in [0.29, 0.717) is 6.42 Å². The second-order valence-electron chi connectivity index (χ2n) is 9.58. The van der Waals surface area contributed by atoms with Crippen molar-refractivity contribution in [2.75, 3.05) is 0 Å². The van der Waals surface area contributed by atoms with E-state index in [1.54, 1.807) is 20.8 Å². The Kier molecular flexibility index (Phi) is 8.34. The van der Waals surface area contributed by atoms with Crippen LogP contribution in [-0.2, 0) is 25.7 Å². The molecule has 1 aliphatic carbocycles. The lowest BCUT2D eigenvalue weighted by Gasteiger charge is -2.35. The Morgan fingerprint density at radius 3 is 2.06 bits per heavy atom. The predicted octanol–water partition coefficient (Wildman–Crippen LogP) is 6.30. The van der Waals surface area contributed by atoms with Gasteiger partial charge in [-0.15, -0.1) is 0 Å². The third-order valence-electron chi connectivity index (χ3n) is 6.41. The highest BCUT2D eigenvalue weighted by Gasteiger charge is 2.43. The summed E-state index contributed by atoms with van der Waals surface area (Å²) in [6.07, 6.45) is 5.16. The van der Waals surface area contributed by atoms with Crippen LogP contribution in [0.2, 0.25) is 0 Å². The fourth-order valence-corrected chi connectivity index (χ4v) is 4.14. The van der Waals surface area contributed by atoms with Crippen LogP contribution in [0.3, 0.4) is 0 Å². The van der Waals surface area contributed by atoms with Gasteiger partial charge in [0.2, 0.25) is 0 Å². The zero-order valence-electron chi connectivity index (χ0n) is 19.4. The normalized spacial score (nSPS) is 17.0. The predicted molar refractivity (Wildman–Crippen MR) is 111 cm³/mol. The summed E-state index contributed by atoms with van der Waals surface area (Å²) in [5, 5.41) is 0. The van der Waals surface area contributed by atoms with Gasteiger partial charge in [0.15, 0.2) is 17.5 Å². The molecule has 4 nitrogen and oxygen atoms in total. The number of hydrogen-bond acceptors (Lipinski definition) is 4. The van der Waals surface area contributed by atoms with E-state index < -0.39 is 57.8 Å². The molecule has 0 spiro atoms. The average Bonchev–Trinajstić information content (AvgIpc) is 2.76. The lowest BCUT2D eigenvalue weighted by Crippen LogP contribution is -2.40. The summed E-state index contributed by atoms with van der Waals surface area (Å²) in [6.45, 7) is 6.71. The van der Waals surface area contributed by atoms with Gasteiger partial charge in [0.25, 0.3) is 0 Å². The Labute approximate surface area is 186 Å². The molecular formula is C24H32F4O4. The van der Waals surface area contributed by atoms with E-state index >= 15 is 0 Å². The second-order valence-corrected chi connectivity index (χ2v) is 9.58. The Morgan fingerprint density at radius 2 is 1.50 bits per heavy atom. The fraction of sp³-hybridized carbons (Fsp3) is 0.667. The van der Waals surface area contributed by atoms with Crippen molar-refractivity contribution in [3.8, 4) is 0 Å². The molecule has 0 aromatic heterocycles. The Bertz CT molecular complexity index is 833. The number of halogens is 4. The van der Waals surface area contributed by atoms with E-state index in [-0.39, 0.29) is 18.5 Å². The maximum atomic E-state index is 14.2.